The Labute approximate surface area is 204 Å². The van der Waals surface area contributed by atoms with Gasteiger partial charge in [-0.05, 0) is 49.6 Å². The number of rotatable bonds is 10. The van der Waals surface area contributed by atoms with Gasteiger partial charge >= 0.3 is 0 Å². The summed E-state index contributed by atoms with van der Waals surface area (Å²) in [5, 5.41) is 3.05. The number of nitrogens with zero attached hydrogens (tertiary/aromatic N) is 2. The van der Waals surface area contributed by atoms with Gasteiger partial charge < -0.3 is 23.8 Å². The topological polar surface area (TPSA) is 98.7 Å². The third kappa shape index (κ3) is 5.63. The van der Waals surface area contributed by atoms with E-state index in [2.05, 4.69) is 10.3 Å². The molecule has 2 aromatic rings. The van der Waals surface area contributed by atoms with Crippen LogP contribution in [0.5, 0.6) is 23.0 Å². The minimum absolute atomic E-state index is 0.0293. The van der Waals surface area contributed by atoms with Gasteiger partial charge in [0.2, 0.25) is 0 Å². The van der Waals surface area contributed by atoms with Crippen LogP contribution in [0.2, 0.25) is 0 Å². The van der Waals surface area contributed by atoms with Crippen molar-refractivity contribution in [3.05, 3.63) is 47.5 Å². The average molecular weight is 480 g/mol. The lowest BCUT2D eigenvalue weighted by atomic mass is 10.1. The molecule has 0 aromatic heterocycles. The van der Waals surface area contributed by atoms with E-state index < -0.39 is 0 Å². The number of allylic oxidation sites excluding steroid dienone is 1. The second kappa shape index (κ2) is 11.1. The van der Waals surface area contributed by atoms with Crippen LogP contribution in [-0.4, -0.2) is 63.1 Å². The number of nitrogens with one attached hydrogen (secondary N) is 1. The van der Waals surface area contributed by atoms with Crippen LogP contribution >= 0.6 is 0 Å². The van der Waals surface area contributed by atoms with Crippen LogP contribution in [0.15, 0.2) is 41.4 Å². The number of ether oxygens (including phenoxy) is 4. The summed E-state index contributed by atoms with van der Waals surface area (Å²) in [6.45, 7) is 2.54. The molecule has 0 saturated carbocycles. The van der Waals surface area contributed by atoms with Crippen molar-refractivity contribution in [3.63, 3.8) is 0 Å². The van der Waals surface area contributed by atoms with Crippen LogP contribution in [-0.2, 0) is 4.79 Å². The molecule has 184 valence electrons. The Bertz CT molecular complexity index is 1160. The highest BCUT2D eigenvalue weighted by Gasteiger charge is 2.32. The van der Waals surface area contributed by atoms with Crippen LogP contribution in [0.25, 0.3) is 6.08 Å². The van der Waals surface area contributed by atoms with E-state index in [-0.39, 0.29) is 31.2 Å². The largest absolute Gasteiger partial charge is 0.493 e. The third-order valence-corrected chi connectivity index (χ3v) is 5.82. The predicted octanol–water partition coefficient (Wildman–Crippen LogP) is 3.59. The normalized spacial score (nSPS) is 16.6. The van der Waals surface area contributed by atoms with Crippen molar-refractivity contribution in [2.75, 3.05) is 34.2 Å². The maximum Gasteiger partial charge on any atom is 0.256 e. The standard InChI is InChI=1S/C26H29N3O6/c1-17(30)6-7-18-8-9-22(23(11-18)32-2)34-15-27-16-35-25-13-21-20(12-24(25)33-3)26(31)29-10-4-5-19(29)14-28-21/h6-9,11-14,19,27H,4-5,10,15-16H2,1-3H3. The number of hydrogen-bond acceptors (Lipinski definition) is 8. The zero-order valence-electron chi connectivity index (χ0n) is 20.1. The third-order valence-electron chi connectivity index (χ3n) is 5.82. The van der Waals surface area contributed by atoms with Crippen molar-refractivity contribution in [1.29, 1.82) is 0 Å². The minimum atomic E-state index is -0.0341. The summed E-state index contributed by atoms with van der Waals surface area (Å²) in [5.41, 5.74) is 1.91. The molecule has 2 aromatic carbocycles. The number of carbonyl (C=O) groups is 2. The van der Waals surface area contributed by atoms with Crippen LogP contribution in [0.3, 0.4) is 0 Å². The number of benzene rings is 2. The summed E-state index contributed by atoms with van der Waals surface area (Å²) < 4.78 is 22.4. The minimum Gasteiger partial charge on any atom is -0.493 e. The Morgan fingerprint density at radius 3 is 2.57 bits per heavy atom. The SMILES string of the molecule is COc1cc(C=CC(C)=O)ccc1OCNCOc1cc2c(cc1OC)C(=O)N1CCCC1C=N2. The summed E-state index contributed by atoms with van der Waals surface area (Å²) in [6, 6.07) is 8.86. The number of methoxy groups -OCH3 is 2. The van der Waals surface area contributed by atoms with E-state index in [1.54, 1.807) is 37.5 Å². The Morgan fingerprint density at radius 2 is 1.83 bits per heavy atom. The number of carbonyl (C=O) groups excluding carboxylic acids is 2. The zero-order chi connectivity index (χ0) is 24.8. The molecule has 1 unspecified atom stereocenters. The van der Waals surface area contributed by atoms with E-state index in [0.29, 0.717) is 34.2 Å². The smallest absolute Gasteiger partial charge is 0.256 e. The lowest BCUT2D eigenvalue weighted by Crippen LogP contribution is -2.35. The summed E-state index contributed by atoms with van der Waals surface area (Å²) in [4.78, 5) is 30.5. The van der Waals surface area contributed by atoms with E-state index in [4.69, 9.17) is 18.9 Å². The molecule has 1 amide bonds. The fraction of sp³-hybridized carbons (Fsp3) is 0.346. The van der Waals surface area contributed by atoms with Crippen molar-refractivity contribution in [1.82, 2.24) is 10.2 Å². The number of amides is 1. The molecule has 4 rings (SSSR count). The molecular weight excluding hydrogens is 450 g/mol. The molecule has 0 aliphatic carbocycles. The first-order valence-electron chi connectivity index (χ1n) is 11.4. The van der Waals surface area contributed by atoms with Gasteiger partial charge in [-0.3, -0.25) is 19.9 Å². The molecule has 0 spiro atoms. The molecule has 0 bridgehead atoms. The number of fused-ring (bicyclic) bond motifs is 2. The Morgan fingerprint density at radius 1 is 1.09 bits per heavy atom. The van der Waals surface area contributed by atoms with Crippen LogP contribution in [0.1, 0.15) is 35.7 Å². The molecule has 9 heteroatoms. The maximum atomic E-state index is 13.0. The average Bonchev–Trinajstić information content (AvgIpc) is 3.30. The van der Waals surface area contributed by atoms with Gasteiger partial charge in [0.1, 0.15) is 13.5 Å². The Hall–Kier alpha value is -3.85. The van der Waals surface area contributed by atoms with E-state index in [9.17, 15) is 9.59 Å². The van der Waals surface area contributed by atoms with Gasteiger partial charge in [-0.25, -0.2) is 0 Å². The molecule has 1 fully saturated rings. The summed E-state index contributed by atoms with van der Waals surface area (Å²) in [6.07, 6.45) is 6.96. The molecule has 2 aliphatic heterocycles. The van der Waals surface area contributed by atoms with Gasteiger partial charge in [-0.1, -0.05) is 12.1 Å². The lowest BCUT2D eigenvalue weighted by molar-refractivity contribution is -0.112. The second-order valence-electron chi connectivity index (χ2n) is 8.19. The summed E-state index contributed by atoms with van der Waals surface area (Å²) >= 11 is 0. The van der Waals surface area contributed by atoms with E-state index in [1.165, 1.54) is 20.1 Å². The first-order chi connectivity index (χ1) is 17.0. The number of ketones is 1. The highest BCUT2D eigenvalue weighted by Crippen LogP contribution is 2.38. The molecule has 1 N–H and O–H groups in total. The fourth-order valence-corrected chi connectivity index (χ4v) is 4.04. The van der Waals surface area contributed by atoms with Crippen LogP contribution in [0, 0.1) is 0 Å². The highest BCUT2D eigenvalue weighted by molar-refractivity contribution is 6.03. The molecule has 0 radical (unpaired) electrons. The zero-order valence-corrected chi connectivity index (χ0v) is 20.1. The quantitative estimate of drug-likeness (QED) is 0.316. The number of hydrogen-bond donors (Lipinski definition) is 1. The van der Waals surface area contributed by atoms with Gasteiger partial charge in [-0.15, -0.1) is 0 Å². The van der Waals surface area contributed by atoms with E-state index >= 15 is 0 Å². The molecule has 1 atom stereocenters. The molecule has 1 saturated heterocycles. The summed E-state index contributed by atoms with van der Waals surface area (Å²) in [7, 11) is 3.09. The first kappa shape index (κ1) is 24.3. The van der Waals surface area contributed by atoms with Gasteiger partial charge in [-0.2, -0.15) is 0 Å². The molecule has 9 nitrogen and oxygen atoms in total. The monoisotopic (exact) mass is 479 g/mol. The van der Waals surface area contributed by atoms with Gasteiger partial charge in [0.05, 0.1) is 31.5 Å². The van der Waals surface area contributed by atoms with E-state index in [0.717, 1.165) is 24.9 Å². The Balaban J connectivity index is 1.36. The molecular formula is C26H29N3O6. The molecule has 2 heterocycles. The van der Waals surface area contributed by atoms with Gasteiger partial charge in [0, 0.05) is 18.8 Å². The van der Waals surface area contributed by atoms with Crippen molar-refractivity contribution in [3.8, 4) is 23.0 Å². The molecule has 35 heavy (non-hydrogen) atoms. The lowest BCUT2D eigenvalue weighted by Gasteiger charge is -2.20. The van der Waals surface area contributed by atoms with Crippen LogP contribution < -0.4 is 24.3 Å². The van der Waals surface area contributed by atoms with Crippen molar-refractivity contribution < 1.29 is 28.5 Å². The van der Waals surface area contributed by atoms with Crippen molar-refractivity contribution >= 4 is 29.7 Å². The Kier molecular flexibility index (Phi) is 7.67. The molecule has 2 aliphatic rings. The first-order valence-corrected chi connectivity index (χ1v) is 11.4. The number of aliphatic imine (C=N–C) groups is 1. The van der Waals surface area contributed by atoms with Gasteiger partial charge in [0.15, 0.2) is 28.8 Å². The maximum absolute atomic E-state index is 13.0. The fourth-order valence-electron chi connectivity index (χ4n) is 4.04. The van der Waals surface area contributed by atoms with Crippen LogP contribution in [0.4, 0.5) is 5.69 Å². The summed E-state index contributed by atoms with van der Waals surface area (Å²) in [5.74, 6) is 1.98. The predicted molar refractivity (Wildman–Crippen MR) is 132 cm³/mol. The van der Waals surface area contributed by atoms with E-state index in [1.807, 2.05) is 17.2 Å². The highest BCUT2D eigenvalue weighted by atomic mass is 16.5. The van der Waals surface area contributed by atoms with Crippen molar-refractivity contribution in [2.24, 2.45) is 4.99 Å². The van der Waals surface area contributed by atoms with Crippen molar-refractivity contribution in [2.45, 2.75) is 25.8 Å². The second-order valence-corrected chi connectivity index (χ2v) is 8.19. The van der Waals surface area contributed by atoms with Gasteiger partial charge in [0.25, 0.3) is 5.91 Å².